The summed E-state index contributed by atoms with van der Waals surface area (Å²) in [6, 6.07) is 5.68. The van der Waals surface area contributed by atoms with E-state index in [0.29, 0.717) is 17.4 Å². The minimum atomic E-state index is 0.0472. The Labute approximate surface area is 115 Å². The number of benzene rings is 1. The molecule has 1 aromatic carbocycles. The molecular formula is C12H17BrN2OS. The van der Waals surface area contributed by atoms with Crippen LogP contribution in [-0.2, 0) is 4.79 Å². The molecule has 0 bridgehead atoms. The van der Waals surface area contributed by atoms with Gasteiger partial charge in [0.25, 0.3) is 0 Å². The summed E-state index contributed by atoms with van der Waals surface area (Å²) in [5.74, 6) is 0.922. The Morgan fingerprint density at radius 1 is 1.53 bits per heavy atom. The summed E-state index contributed by atoms with van der Waals surface area (Å²) >= 11 is 4.81. The normalized spacial score (nSPS) is 10.6. The molecule has 0 aromatic heterocycles. The highest BCUT2D eigenvalue weighted by Gasteiger charge is 2.06. The third-order valence-corrected chi connectivity index (χ3v) is 3.62. The van der Waals surface area contributed by atoms with Crippen LogP contribution < -0.4 is 11.1 Å². The van der Waals surface area contributed by atoms with Gasteiger partial charge in [-0.15, -0.1) is 11.8 Å². The number of amides is 1. The zero-order valence-electron chi connectivity index (χ0n) is 10.00. The van der Waals surface area contributed by atoms with Crippen LogP contribution in [-0.4, -0.2) is 18.2 Å². The molecule has 3 N–H and O–H groups in total. The van der Waals surface area contributed by atoms with E-state index in [4.69, 9.17) is 5.73 Å². The predicted molar refractivity (Wildman–Crippen MR) is 77.1 cm³/mol. The maximum atomic E-state index is 11.5. The largest absolute Gasteiger partial charge is 0.398 e. The quantitative estimate of drug-likeness (QED) is 0.648. The van der Waals surface area contributed by atoms with Crippen molar-refractivity contribution in [2.24, 2.45) is 5.92 Å². The molecule has 0 unspecified atom stereocenters. The second-order valence-electron chi connectivity index (χ2n) is 4.17. The van der Waals surface area contributed by atoms with Crippen molar-refractivity contribution in [3.8, 4) is 0 Å². The van der Waals surface area contributed by atoms with Crippen LogP contribution in [0.3, 0.4) is 0 Å². The van der Waals surface area contributed by atoms with Crippen LogP contribution in [0.5, 0.6) is 0 Å². The second-order valence-corrected chi connectivity index (χ2v) is 6.10. The molecule has 0 atom stereocenters. The van der Waals surface area contributed by atoms with Crippen molar-refractivity contribution >= 4 is 39.3 Å². The fourth-order valence-electron chi connectivity index (χ4n) is 1.16. The van der Waals surface area contributed by atoms with Crippen LogP contribution in [0, 0.1) is 5.92 Å². The Hall–Kier alpha value is -0.680. The van der Waals surface area contributed by atoms with Crippen LogP contribution in [0.1, 0.15) is 13.8 Å². The van der Waals surface area contributed by atoms with Gasteiger partial charge in [0.2, 0.25) is 5.91 Å². The second kappa shape index (κ2) is 6.91. The maximum Gasteiger partial charge on any atom is 0.230 e. The first-order chi connectivity index (χ1) is 7.99. The van der Waals surface area contributed by atoms with E-state index in [1.165, 1.54) is 11.8 Å². The monoisotopic (exact) mass is 316 g/mol. The van der Waals surface area contributed by atoms with Crippen molar-refractivity contribution in [2.75, 3.05) is 18.0 Å². The summed E-state index contributed by atoms with van der Waals surface area (Å²) < 4.78 is 0.948. The zero-order valence-corrected chi connectivity index (χ0v) is 12.4. The van der Waals surface area contributed by atoms with Gasteiger partial charge in [0.05, 0.1) is 5.75 Å². The third kappa shape index (κ3) is 5.46. The van der Waals surface area contributed by atoms with E-state index >= 15 is 0 Å². The number of halogens is 1. The summed E-state index contributed by atoms with van der Waals surface area (Å²) in [5.41, 5.74) is 6.54. The number of nitrogen functional groups attached to an aromatic ring is 1. The number of carbonyl (C=O) groups is 1. The van der Waals surface area contributed by atoms with E-state index in [9.17, 15) is 4.79 Å². The maximum absolute atomic E-state index is 11.5. The van der Waals surface area contributed by atoms with Crippen molar-refractivity contribution in [3.05, 3.63) is 22.7 Å². The van der Waals surface area contributed by atoms with Gasteiger partial charge in [-0.2, -0.15) is 0 Å². The summed E-state index contributed by atoms with van der Waals surface area (Å²) in [5, 5.41) is 2.87. The highest BCUT2D eigenvalue weighted by molar-refractivity contribution is 9.10. The van der Waals surface area contributed by atoms with E-state index in [1.807, 2.05) is 18.2 Å². The van der Waals surface area contributed by atoms with Gasteiger partial charge in [-0.3, -0.25) is 4.79 Å². The number of hydrogen-bond acceptors (Lipinski definition) is 3. The average molecular weight is 317 g/mol. The standard InChI is InChI=1S/C12H17BrN2OS/c1-8(2)6-15-12(16)7-17-11-4-3-9(13)5-10(11)14/h3-5,8H,6-7,14H2,1-2H3,(H,15,16). The van der Waals surface area contributed by atoms with Gasteiger partial charge in [-0.05, 0) is 24.1 Å². The fourth-order valence-corrected chi connectivity index (χ4v) is 2.32. The van der Waals surface area contributed by atoms with E-state index in [1.54, 1.807) is 0 Å². The van der Waals surface area contributed by atoms with Crippen LogP contribution in [0.15, 0.2) is 27.6 Å². The lowest BCUT2D eigenvalue weighted by Crippen LogP contribution is -2.28. The molecule has 1 aromatic rings. The number of hydrogen-bond donors (Lipinski definition) is 2. The van der Waals surface area contributed by atoms with Gasteiger partial charge in [-0.1, -0.05) is 29.8 Å². The molecule has 0 fully saturated rings. The Morgan fingerprint density at radius 3 is 2.82 bits per heavy atom. The smallest absolute Gasteiger partial charge is 0.230 e. The number of anilines is 1. The van der Waals surface area contributed by atoms with Crippen LogP contribution in [0.4, 0.5) is 5.69 Å². The Kier molecular flexibility index (Phi) is 5.85. The molecule has 0 spiro atoms. The average Bonchev–Trinajstić information content (AvgIpc) is 2.25. The predicted octanol–water partition coefficient (Wildman–Crippen LogP) is 2.90. The van der Waals surface area contributed by atoms with Crippen molar-refractivity contribution in [3.63, 3.8) is 0 Å². The molecule has 0 saturated heterocycles. The van der Waals surface area contributed by atoms with Crippen molar-refractivity contribution < 1.29 is 4.79 Å². The fraction of sp³-hybridized carbons (Fsp3) is 0.417. The molecule has 0 radical (unpaired) electrons. The highest BCUT2D eigenvalue weighted by atomic mass is 79.9. The lowest BCUT2D eigenvalue weighted by atomic mass is 10.2. The van der Waals surface area contributed by atoms with Crippen LogP contribution in [0.25, 0.3) is 0 Å². The van der Waals surface area contributed by atoms with Crippen LogP contribution >= 0.6 is 27.7 Å². The van der Waals surface area contributed by atoms with Crippen molar-refractivity contribution in [1.82, 2.24) is 5.32 Å². The highest BCUT2D eigenvalue weighted by Crippen LogP contribution is 2.27. The summed E-state index contributed by atoms with van der Waals surface area (Å²) in [6.07, 6.45) is 0. The summed E-state index contributed by atoms with van der Waals surface area (Å²) in [6.45, 7) is 4.86. The van der Waals surface area contributed by atoms with Crippen molar-refractivity contribution in [1.29, 1.82) is 0 Å². The SMILES string of the molecule is CC(C)CNC(=O)CSc1ccc(Br)cc1N. The summed E-state index contributed by atoms with van der Waals surface area (Å²) in [7, 11) is 0. The molecule has 0 saturated carbocycles. The van der Waals surface area contributed by atoms with Gasteiger partial charge in [0, 0.05) is 21.6 Å². The molecule has 0 aliphatic carbocycles. The zero-order chi connectivity index (χ0) is 12.8. The number of nitrogens with one attached hydrogen (secondary N) is 1. The number of carbonyl (C=O) groups excluding carboxylic acids is 1. The topological polar surface area (TPSA) is 55.1 Å². The van der Waals surface area contributed by atoms with E-state index in [2.05, 4.69) is 35.1 Å². The first-order valence-corrected chi connectivity index (χ1v) is 7.21. The van der Waals surface area contributed by atoms with Crippen LogP contribution in [0.2, 0.25) is 0 Å². The first-order valence-electron chi connectivity index (χ1n) is 5.43. The third-order valence-electron chi connectivity index (χ3n) is 2.04. The number of rotatable bonds is 5. The molecule has 0 aliphatic rings. The molecule has 1 rings (SSSR count). The molecular weight excluding hydrogens is 300 g/mol. The Morgan fingerprint density at radius 2 is 2.24 bits per heavy atom. The first kappa shape index (κ1) is 14.4. The van der Waals surface area contributed by atoms with Gasteiger partial charge in [0.15, 0.2) is 0 Å². The Balaban J connectivity index is 2.42. The lowest BCUT2D eigenvalue weighted by molar-refractivity contribution is -0.118. The number of nitrogens with two attached hydrogens (primary N) is 1. The van der Waals surface area contributed by atoms with Gasteiger partial charge in [0.1, 0.15) is 0 Å². The van der Waals surface area contributed by atoms with Gasteiger partial charge >= 0.3 is 0 Å². The van der Waals surface area contributed by atoms with Crippen molar-refractivity contribution in [2.45, 2.75) is 18.7 Å². The molecule has 5 heteroatoms. The minimum Gasteiger partial charge on any atom is -0.398 e. The van der Waals surface area contributed by atoms with E-state index < -0.39 is 0 Å². The van der Waals surface area contributed by atoms with E-state index in [0.717, 1.165) is 15.9 Å². The molecule has 3 nitrogen and oxygen atoms in total. The minimum absolute atomic E-state index is 0.0472. The van der Waals surface area contributed by atoms with Gasteiger partial charge < -0.3 is 11.1 Å². The number of thioether (sulfide) groups is 1. The molecule has 0 aliphatic heterocycles. The molecule has 0 heterocycles. The Bertz CT molecular complexity index is 396. The lowest BCUT2D eigenvalue weighted by Gasteiger charge is -2.08. The molecule has 17 heavy (non-hydrogen) atoms. The van der Waals surface area contributed by atoms with E-state index in [-0.39, 0.29) is 5.91 Å². The van der Waals surface area contributed by atoms with Gasteiger partial charge in [-0.25, -0.2) is 0 Å². The molecule has 94 valence electrons. The summed E-state index contributed by atoms with van der Waals surface area (Å²) in [4.78, 5) is 12.5. The molecule has 1 amide bonds.